The highest BCUT2D eigenvalue weighted by atomic mass is 16.4. The molecule has 1 aromatic rings. The fraction of sp³-hybridized carbons (Fsp3) is 0.333. The van der Waals surface area contributed by atoms with E-state index in [0.29, 0.717) is 18.5 Å². The minimum atomic E-state index is -1.18. The van der Waals surface area contributed by atoms with E-state index < -0.39 is 18.6 Å². The van der Waals surface area contributed by atoms with Crippen molar-refractivity contribution in [3.05, 3.63) is 35.4 Å². The van der Waals surface area contributed by atoms with Crippen LogP contribution in [0, 0.1) is 0 Å². The Hall–Kier alpha value is -1.88. The Morgan fingerprint density at radius 3 is 2.76 bits per heavy atom. The Morgan fingerprint density at radius 2 is 2.12 bits per heavy atom. The monoisotopic (exact) mass is 235 g/mol. The van der Waals surface area contributed by atoms with Crippen molar-refractivity contribution in [2.45, 2.75) is 12.5 Å². The van der Waals surface area contributed by atoms with Gasteiger partial charge in [0.1, 0.15) is 0 Å². The second-order valence-electron chi connectivity index (χ2n) is 3.94. The summed E-state index contributed by atoms with van der Waals surface area (Å²) >= 11 is 0. The summed E-state index contributed by atoms with van der Waals surface area (Å²) in [6.45, 7) is -0.239. The summed E-state index contributed by atoms with van der Waals surface area (Å²) in [7, 11) is 0. The molecule has 5 nitrogen and oxygen atoms in total. The first kappa shape index (κ1) is 11.6. The average molecular weight is 235 g/mol. The van der Waals surface area contributed by atoms with Gasteiger partial charge in [0.05, 0.1) is 6.61 Å². The molecule has 1 aliphatic heterocycles. The van der Waals surface area contributed by atoms with E-state index in [2.05, 4.69) is 0 Å². The summed E-state index contributed by atoms with van der Waals surface area (Å²) in [5.74, 6) is -1.51. The number of rotatable bonds is 3. The number of carbonyl (C=O) groups excluding carboxylic acids is 1. The van der Waals surface area contributed by atoms with Crippen LogP contribution in [0.3, 0.4) is 0 Å². The topological polar surface area (TPSA) is 77.8 Å². The molecule has 0 spiro atoms. The third kappa shape index (κ3) is 2.01. The molecule has 0 aromatic heterocycles. The minimum Gasteiger partial charge on any atom is -0.480 e. The molecule has 0 radical (unpaired) electrons. The van der Waals surface area contributed by atoms with Gasteiger partial charge in [-0.3, -0.25) is 4.79 Å². The van der Waals surface area contributed by atoms with E-state index in [-0.39, 0.29) is 5.91 Å². The molecule has 1 unspecified atom stereocenters. The number of hydrogen-bond donors (Lipinski definition) is 2. The minimum absolute atomic E-state index is 0.326. The quantitative estimate of drug-likeness (QED) is 0.780. The molecule has 2 N–H and O–H groups in total. The van der Waals surface area contributed by atoms with Gasteiger partial charge in [0.25, 0.3) is 5.91 Å². The molecule has 0 saturated carbocycles. The highest BCUT2D eigenvalue weighted by Gasteiger charge is 2.33. The van der Waals surface area contributed by atoms with E-state index in [1.807, 2.05) is 12.1 Å². The molecule has 0 aliphatic carbocycles. The van der Waals surface area contributed by atoms with Crippen molar-refractivity contribution in [3.8, 4) is 0 Å². The second kappa shape index (κ2) is 4.55. The standard InChI is InChI=1S/C12H13NO4/c14-7-10(12(16)17)13-6-5-8-3-1-2-4-9(8)11(13)15/h1-4,10,14H,5-7H2,(H,16,17). The fourth-order valence-corrected chi connectivity index (χ4v) is 2.05. The van der Waals surface area contributed by atoms with Gasteiger partial charge < -0.3 is 15.1 Å². The zero-order valence-electron chi connectivity index (χ0n) is 9.17. The lowest BCUT2D eigenvalue weighted by atomic mass is 9.98. The number of nitrogens with zero attached hydrogens (tertiary/aromatic N) is 1. The van der Waals surface area contributed by atoms with Crippen LogP contribution in [0.4, 0.5) is 0 Å². The number of hydrogen-bond acceptors (Lipinski definition) is 3. The number of carboxylic acids is 1. The van der Waals surface area contributed by atoms with Gasteiger partial charge in [0.2, 0.25) is 0 Å². The van der Waals surface area contributed by atoms with Gasteiger partial charge in [-0.25, -0.2) is 4.79 Å². The third-order valence-corrected chi connectivity index (χ3v) is 2.96. The molecule has 5 heteroatoms. The molecule has 1 heterocycles. The van der Waals surface area contributed by atoms with Crippen LogP contribution in [-0.2, 0) is 11.2 Å². The lowest BCUT2D eigenvalue weighted by molar-refractivity contribution is -0.143. The van der Waals surface area contributed by atoms with Crippen molar-refractivity contribution >= 4 is 11.9 Å². The summed E-state index contributed by atoms with van der Waals surface area (Å²) in [5.41, 5.74) is 1.45. The summed E-state index contributed by atoms with van der Waals surface area (Å²) in [4.78, 5) is 24.2. The molecule has 0 saturated heterocycles. The zero-order chi connectivity index (χ0) is 12.4. The molecule has 90 valence electrons. The van der Waals surface area contributed by atoms with Gasteiger partial charge in [-0.05, 0) is 18.1 Å². The Morgan fingerprint density at radius 1 is 1.41 bits per heavy atom. The second-order valence-corrected chi connectivity index (χ2v) is 3.94. The van der Waals surface area contributed by atoms with E-state index in [4.69, 9.17) is 10.2 Å². The lowest BCUT2D eigenvalue weighted by Crippen LogP contribution is -2.50. The van der Waals surface area contributed by atoms with E-state index >= 15 is 0 Å². The summed E-state index contributed by atoms with van der Waals surface area (Å²) in [6, 6.07) is 5.98. The average Bonchev–Trinajstić information content (AvgIpc) is 2.33. The number of aliphatic carboxylic acids is 1. The fourth-order valence-electron chi connectivity index (χ4n) is 2.05. The maximum Gasteiger partial charge on any atom is 0.328 e. The van der Waals surface area contributed by atoms with Crippen LogP contribution in [0.1, 0.15) is 15.9 Å². The zero-order valence-corrected chi connectivity index (χ0v) is 9.17. The maximum absolute atomic E-state index is 12.1. The normalized spacial score (nSPS) is 16.5. The lowest BCUT2D eigenvalue weighted by Gasteiger charge is -2.32. The number of carboxylic acid groups (broad SMARTS) is 1. The smallest absolute Gasteiger partial charge is 0.328 e. The summed E-state index contributed by atoms with van der Waals surface area (Å²) in [5, 5.41) is 18.0. The van der Waals surface area contributed by atoms with Crippen LogP contribution >= 0.6 is 0 Å². The van der Waals surface area contributed by atoms with Crippen LogP contribution in [-0.4, -0.2) is 46.2 Å². The predicted molar refractivity (Wildman–Crippen MR) is 59.7 cm³/mol. The number of benzene rings is 1. The van der Waals surface area contributed by atoms with Gasteiger partial charge in [0.15, 0.2) is 6.04 Å². The molecular formula is C12H13NO4. The van der Waals surface area contributed by atoms with Gasteiger partial charge >= 0.3 is 5.97 Å². The first-order valence-electron chi connectivity index (χ1n) is 5.37. The molecule has 17 heavy (non-hydrogen) atoms. The molecule has 1 aliphatic rings. The van der Waals surface area contributed by atoms with Crippen LogP contribution < -0.4 is 0 Å². The van der Waals surface area contributed by atoms with Crippen molar-refractivity contribution in [2.24, 2.45) is 0 Å². The van der Waals surface area contributed by atoms with Gasteiger partial charge in [-0.1, -0.05) is 18.2 Å². The largest absolute Gasteiger partial charge is 0.480 e. The molecule has 1 amide bonds. The Balaban J connectivity index is 2.31. The molecule has 0 bridgehead atoms. The number of fused-ring (bicyclic) bond motifs is 1. The van der Waals surface area contributed by atoms with Gasteiger partial charge in [-0.2, -0.15) is 0 Å². The van der Waals surface area contributed by atoms with Crippen LogP contribution in [0.15, 0.2) is 24.3 Å². The number of amides is 1. The van der Waals surface area contributed by atoms with Crippen LogP contribution in [0.25, 0.3) is 0 Å². The van der Waals surface area contributed by atoms with E-state index in [1.165, 1.54) is 4.90 Å². The van der Waals surface area contributed by atoms with Crippen LogP contribution in [0.5, 0.6) is 0 Å². The Labute approximate surface area is 98.3 Å². The SMILES string of the molecule is O=C(O)C(CO)N1CCc2ccccc2C1=O. The maximum atomic E-state index is 12.1. The van der Waals surface area contributed by atoms with Gasteiger partial charge in [0, 0.05) is 12.1 Å². The molecule has 1 atom stereocenters. The molecule has 0 fully saturated rings. The van der Waals surface area contributed by atoms with Crippen molar-refractivity contribution < 1.29 is 19.8 Å². The third-order valence-electron chi connectivity index (χ3n) is 2.96. The van der Waals surface area contributed by atoms with Gasteiger partial charge in [-0.15, -0.1) is 0 Å². The highest BCUT2D eigenvalue weighted by Crippen LogP contribution is 2.20. The molecule has 1 aromatic carbocycles. The number of carbonyl (C=O) groups is 2. The number of aliphatic hydroxyl groups excluding tert-OH is 1. The highest BCUT2D eigenvalue weighted by molar-refractivity contribution is 5.98. The predicted octanol–water partition coefficient (Wildman–Crippen LogP) is 0.130. The van der Waals surface area contributed by atoms with Crippen molar-refractivity contribution in [1.82, 2.24) is 4.90 Å². The molecular weight excluding hydrogens is 222 g/mol. The van der Waals surface area contributed by atoms with Crippen LogP contribution in [0.2, 0.25) is 0 Å². The molecule has 2 rings (SSSR count). The van der Waals surface area contributed by atoms with Crippen molar-refractivity contribution in [1.29, 1.82) is 0 Å². The first-order chi connectivity index (χ1) is 8.15. The van der Waals surface area contributed by atoms with Crippen molar-refractivity contribution in [3.63, 3.8) is 0 Å². The first-order valence-corrected chi connectivity index (χ1v) is 5.37. The van der Waals surface area contributed by atoms with E-state index in [0.717, 1.165) is 5.56 Å². The van der Waals surface area contributed by atoms with Crippen molar-refractivity contribution in [2.75, 3.05) is 13.2 Å². The number of aliphatic hydroxyl groups is 1. The van der Waals surface area contributed by atoms with E-state index in [9.17, 15) is 9.59 Å². The Kier molecular flexibility index (Phi) is 3.10. The van der Waals surface area contributed by atoms with E-state index in [1.54, 1.807) is 12.1 Å². The Bertz CT molecular complexity index is 458. The summed E-state index contributed by atoms with van der Waals surface area (Å²) in [6.07, 6.45) is 0.617. The summed E-state index contributed by atoms with van der Waals surface area (Å²) < 4.78 is 0.